The predicted octanol–water partition coefficient (Wildman–Crippen LogP) is 3.87. The molecule has 9 heteroatoms. The van der Waals surface area contributed by atoms with E-state index in [0.717, 1.165) is 11.6 Å². The molecule has 0 bridgehead atoms. The summed E-state index contributed by atoms with van der Waals surface area (Å²) in [5, 5.41) is 9.65. The molecule has 0 fully saturated rings. The molecule has 1 aliphatic rings. The normalized spacial score (nSPS) is 15.4. The summed E-state index contributed by atoms with van der Waals surface area (Å²) in [7, 11) is 1.55. The van der Waals surface area contributed by atoms with Crippen LogP contribution in [0.4, 0.5) is 15.9 Å². The molecule has 148 valence electrons. The molecule has 3 aromatic rings. The van der Waals surface area contributed by atoms with Gasteiger partial charge in [-0.05, 0) is 24.3 Å². The summed E-state index contributed by atoms with van der Waals surface area (Å²) in [6.07, 6.45) is 1.49. The number of fused-ring (bicyclic) bond motifs is 1. The second-order valence-electron chi connectivity index (χ2n) is 6.44. The molecule has 1 atom stereocenters. The number of ether oxygens (including phenoxy) is 1. The van der Waals surface area contributed by atoms with Crippen molar-refractivity contribution >= 4 is 34.9 Å². The van der Waals surface area contributed by atoms with Gasteiger partial charge in [-0.15, -0.1) is 0 Å². The van der Waals surface area contributed by atoms with Crippen LogP contribution in [0.2, 0.25) is 5.02 Å². The van der Waals surface area contributed by atoms with E-state index in [0.29, 0.717) is 22.8 Å². The third-order valence-electron chi connectivity index (χ3n) is 4.61. The molecule has 0 aliphatic carbocycles. The van der Waals surface area contributed by atoms with Crippen LogP contribution in [0.1, 0.15) is 12.5 Å². The number of methoxy groups -OCH3 is 1. The molecule has 1 aromatic heterocycles. The molecule has 4 rings (SSSR count). The molecule has 1 aliphatic heterocycles. The molecular weight excluding hydrogens is 399 g/mol. The van der Waals surface area contributed by atoms with Gasteiger partial charge in [0.1, 0.15) is 23.4 Å². The van der Waals surface area contributed by atoms with Crippen LogP contribution in [0.3, 0.4) is 0 Å². The summed E-state index contributed by atoms with van der Waals surface area (Å²) in [6.45, 7) is 0. The smallest absolute Gasteiger partial charge is 0.249 e. The third kappa shape index (κ3) is 3.54. The Hall–Kier alpha value is -3.39. The number of amides is 2. The largest absolute Gasteiger partial charge is 0.496 e. The molecular formula is C20H16ClFN4O3. The fourth-order valence-corrected chi connectivity index (χ4v) is 3.42. The van der Waals surface area contributed by atoms with Gasteiger partial charge in [-0.25, -0.2) is 9.07 Å². The Balaban J connectivity index is 1.68. The number of carbonyl (C=O) groups excluding carboxylic acids is 2. The summed E-state index contributed by atoms with van der Waals surface area (Å²) in [5.74, 6) is -0.337. The molecule has 2 amide bonds. The Morgan fingerprint density at radius 3 is 2.86 bits per heavy atom. The maximum Gasteiger partial charge on any atom is 0.249 e. The molecule has 0 radical (unpaired) electrons. The summed E-state index contributed by atoms with van der Waals surface area (Å²) < 4.78 is 20.2. The highest BCUT2D eigenvalue weighted by Crippen LogP contribution is 2.38. The highest BCUT2D eigenvalue weighted by molar-refractivity contribution is 6.31. The second-order valence-corrected chi connectivity index (χ2v) is 6.85. The van der Waals surface area contributed by atoms with Crippen molar-refractivity contribution in [2.45, 2.75) is 12.5 Å². The number of hydrogen-bond donors (Lipinski definition) is 2. The lowest BCUT2D eigenvalue weighted by molar-refractivity contribution is -0.125. The zero-order chi connectivity index (χ0) is 20.5. The van der Waals surface area contributed by atoms with Crippen molar-refractivity contribution < 1.29 is 18.7 Å². The molecule has 0 spiro atoms. The van der Waals surface area contributed by atoms with Crippen LogP contribution < -0.4 is 15.4 Å². The number of nitrogens with zero attached hydrogens (tertiary/aromatic N) is 2. The van der Waals surface area contributed by atoms with Crippen molar-refractivity contribution in [2.75, 3.05) is 17.7 Å². The monoisotopic (exact) mass is 414 g/mol. The van der Waals surface area contributed by atoms with Crippen LogP contribution in [0.15, 0.2) is 48.7 Å². The van der Waals surface area contributed by atoms with Crippen molar-refractivity contribution in [3.05, 3.63) is 59.5 Å². The van der Waals surface area contributed by atoms with E-state index in [1.807, 2.05) is 18.2 Å². The van der Waals surface area contributed by atoms with Crippen LogP contribution in [-0.2, 0) is 9.59 Å². The maximum absolute atomic E-state index is 13.3. The van der Waals surface area contributed by atoms with Gasteiger partial charge in [0.15, 0.2) is 0 Å². The molecule has 2 N–H and O–H groups in total. The lowest BCUT2D eigenvalue weighted by Gasteiger charge is -2.24. The summed E-state index contributed by atoms with van der Waals surface area (Å²) in [5.41, 5.74) is 1.70. The lowest BCUT2D eigenvalue weighted by Crippen LogP contribution is -2.35. The fraction of sp³-hybridized carbons (Fsp3) is 0.150. The van der Waals surface area contributed by atoms with Crippen LogP contribution in [0.25, 0.3) is 11.1 Å². The molecule has 1 unspecified atom stereocenters. The Morgan fingerprint density at radius 2 is 2.10 bits per heavy atom. The first kappa shape index (κ1) is 18.9. The number of hydrogen-bond acceptors (Lipinski definition) is 4. The molecule has 2 heterocycles. The lowest BCUT2D eigenvalue weighted by atomic mass is 10.1. The van der Waals surface area contributed by atoms with Gasteiger partial charge in [-0.3, -0.25) is 9.59 Å². The van der Waals surface area contributed by atoms with E-state index in [4.69, 9.17) is 16.3 Å². The Kier molecular flexibility index (Phi) is 4.94. The van der Waals surface area contributed by atoms with E-state index in [1.54, 1.807) is 19.4 Å². The summed E-state index contributed by atoms with van der Waals surface area (Å²) in [4.78, 5) is 25.1. The average molecular weight is 415 g/mol. The number of para-hydroxylation sites is 1. The van der Waals surface area contributed by atoms with Crippen LogP contribution >= 0.6 is 11.6 Å². The van der Waals surface area contributed by atoms with E-state index < -0.39 is 17.8 Å². The van der Waals surface area contributed by atoms with Gasteiger partial charge in [0.05, 0.1) is 24.8 Å². The Labute approximate surface area is 170 Å². The molecule has 7 nitrogen and oxygen atoms in total. The van der Waals surface area contributed by atoms with Crippen LogP contribution in [-0.4, -0.2) is 28.7 Å². The molecule has 2 aromatic carbocycles. The predicted molar refractivity (Wildman–Crippen MR) is 107 cm³/mol. The quantitative estimate of drug-likeness (QED) is 0.678. The van der Waals surface area contributed by atoms with Gasteiger partial charge in [0, 0.05) is 16.8 Å². The maximum atomic E-state index is 13.3. The minimum absolute atomic E-state index is 0.0825. The first-order valence-electron chi connectivity index (χ1n) is 8.74. The minimum atomic E-state index is -0.869. The van der Waals surface area contributed by atoms with Gasteiger partial charge in [0.2, 0.25) is 11.8 Å². The Bertz CT molecular complexity index is 1110. The van der Waals surface area contributed by atoms with E-state index in [1.165, 1.54) is 16.8 Å². The van der Waals surface area contributed by atoms with Gasteiger partial charge in [0.25, 0.3) is 0 Å². The van der Waals surface area contributed by atoms with Crippen molar-refractivity contribution in [1.29, 1.82) is 0 Å². The SMILES string of the molecule is COc1ccccc1-c1cnn2c1NC(=O)CC2C(=O)Nc1ccc(F)c(Cl)c1. The van der Waals surface area contributed by atoms with Crippen molar-refractivity contribution in [3.8, 4) is 16.9 Å². The first-order chi connectivity index (χ1) is 14.0. The number of anilines is 2. The number of carbonyl (C=O) groups is 2. The van der Waals surface area contributed by atoms with Crippen LogP contribution in [0.5, 0.6) is 5.75 Å². The van der Waals surface area contributed by atoms with Crippen LogP contribution in [0, 0.1) is 5.82 Å². The number of nitrogens with one attached hydrogen (secondary N) is 2. The van der Waals surface area contributed by atoms with Crippen molar-refractivity contribution in [1.82, 2.24) is 9.78 Å². The zero-order valence-electron chi connectivity index (χ0n) is 15.3. The van der Waals surface area contributed by atoms with E-state index >= 15 is 0 Å². The van der Waals surface area contributed by atoms with Gasteiger partial charge in [-0.1, -0.05) is 29.8 Å². The van der Waals surface area contributed by atoms with Gasteiger partial charge in [-0.2, -0.15) is 5.10 Å². The second kappa shape index (κ2) is 7.56. The molecule has 0 saturated heterocycles. The third-order valence-corrected chi connectivity index (χ3v) is 4.90. The van der Waals surface area contributed by atoms with Gasteiger partial charge >= 0.3 is 0 Å². The summed E-state index contributed by atoms with van der Waals surface area (Å²) in [6, 6.07) is 10.3. The molecule has 29 heavy (non-hydrogen) atoms. The molecule has 0 saturated carbocycles. The number of rotatable bonds is 4. The number of halogens is 2. The zero-order valence-corrected chi connectivity index (χ0v) is 16.0. The van der Waals surface area contributed by atoms with Crippen molar-refractivity contribution in [2.24, 2.45) is 0 Å². The standard InChI is InChI=1S/C20H16ClFN4O3/c1-29-17-5-3-2-4-12(17)13-10-23-26-16(9-18(27)25-19(13)26)20(28)24-11-6-7-15(22)14(21)8-11/h2-8,10,16H,9H2,1H3,(H,24,28)(H,25,27). The highest BCUT2D eigenvalue weighted by Gasteiger charge is 2.33. The highest BCUT2D eigenvalue weighted by atomic mass is 35.5. The fourth-order valence-electron chi connectivity index (χ4n) is 3.24. The Morgan fingerprint density at radius 1 is 1.31 bits per heavy atom. The average Bonchev–Trinajstić information content (AvgIpc) is 3.13. The minimum Gasteiger partial charge on any atom is -0.496 e. The number of aromatic nitrogens is 2. The van der Waals surface area contributed by atoms with Crippen molar-refractivity contribution in [3.63, 3.8) is 0 Å². The van der Waals surface area contributed by atoms with E-state index in [9.17, 15) is 14.0 Å². The topological polar surface area (TPSA) is 85.2 Å². The first-order valence-corrected chi connectivity index (χ1v) is 9.12. The summed E-state index contributed by atoms with van der Waals surface area (Å²) >= 11 is 5.77. The number of benzene rings is 2. The van der Waals surface area contributed by atoms with E-state index in [-0.39, 0.29) is 17.4 Å². The van der Waals surface area contributed by atoms with E-state index in [2.05, 4.69) is 15.7 Å². The van der Waals surface area contributed by atoms with Gasteiger partial charge < -0.3 is 15.4 Å².